The van der Waals surface area contributed by atoms with E-state index in [0.29, 0.717) is 22.8 Å². The topological polar surface area (TPSA) is 56.8 Å². The summed E-state index contributed by atoms with van der Waals surface area (Å²) in [5, 5.41) is 3.00. The maximum atomic E-state index is 12.6. The van der Waals surface area contributed by atoms with Crippen molar-refractivity contribution < 1.29 is 19.0 Å². The summed E-state index contributed by atoms with van der Waals surface area (Å²) in [6, 6.07) is 11.1. The van der Waals surface area contributed by atoms with Crippen LogP contribution < -0.4 is 19.5 Å². The van der Waals surface area contributed by atoms with Gasteiger partial charge in [0.25, 0.3) is 5.91 Å². The van der Waals surface area contributed by atoms with Crippen LogP contribution >= 0.6 is 0 Å². The zero-order chi connectivity index (χ0) is 17.7. The molecule has 0 spiro atoms. The van der Waals surface area contributed by atoms with Crippen molar-refractivity contribution in [1.82, 2.24) is 5.32 Å². The molecule has 1 atom stereocenters. The van der Waals surface area contributed by atoms with Crippen molar-refractivity contribution in [3.8, 4) is 17.2 Å². The number of rotatable bonds is 6. The van der Waals surface area contributed by atoms with Crippen molar-refractivity contribution in [2.24, 2.45) is 0 Å². The molecule has 5 heteroatoms. The Morgan fingerprint density at radius 1 is 1.00 bits per heavy atom. The van der Waals surface area contributed by atoms with Gasteiger partial charge in [-0.15, -0.1) is 0 Å². The summed E-state index contributed by atoms with van der Waals surface area (Å²) in [7, 11) is 4.57. The quantitative estimate of drug-likeness (QED) is 0.881. The first-order valence-corrected chi connectivity index (χ1v) is 7.68. The Morgan fingerprint density at radius 2 is 1.58 bits per heavy atom. The number of benzene rings is 2. The largest absolute Gasteiger partial charge is 0.493 e. The summed E-state index contributed by atoms with van der Waals surface area (Å²) in [6.07, 6.45) is 0. The highest BCUT2D eigenvalue weighted by atomic mass is 16.5. The number of carbonyl (C=O) groups excluding carboxylic acids is 1. The van der Waals surface area contributed by atoms with E-state index >= 15 is 0 Å². The van der Waals surface area contributed by atoms with Crippen molar-refractivity contribution in [2.75, 3.05) is 21.3 Å². The van der Waals surface area contributed by atoms with Gasteiger partial charge in [0.15, 0.2) is 11.5 Å². The molecule has 0 aliphatic rings. The first kappa shape index (κ1) is 17.7. The fraction of sp³-hybridized carbons (Fsp3) is 0.316. The third kappa shape index (κ3) is 3.62. The molecular weight excluding hydrogens is 306 g/mol. The number of aryl methyl sites for hydroxylation is 1. The van der Waals surface area contributed by atoms with E-state index in [4.69, 9.17) is 14.2 Å². The molecule has 0 heterocycles. The first-order valence-electron chi connectivity index (χ1n) is 7.68. The molecule has 0 radical (unpaired) electrons. The Balaban J connectivity index is 2.28. The summed E-state index contributed by atoms with van der Waals surface area (Å²) in [5.74, 6) is 1.16. The van der Waals surface area contributed by atoms with E-state index in [1.165, 1.54) is 21.3 Å². The number of carbonyl (C=O) groups is 1. The predicted octanol–water partition coefficient (Wildman–Crippen LogP) is 3.51. The lowest BCUT2D eigenvalue weighted by molar-refractivity contribution is 0.0939. The van der Waals surface area contributed by atoms with Crippen molar-refractivity contribution in [3.63, 3.8) is 0 Å². The van der Waals surface area contributed by atoms with Crippen LogP contribution in [0.4, 0.5) is 0 Å². The van der Waals surface area contributed by atoms with Gasteiger partial charge >= 0.3 is 0 Å². The normalized spacial score (nSPS) is 11.5. The SMILES string of the molecule is COc1cc(C(=O)NC(C)c2ccccc2C)cc(OC)c1OC. The van der Waals surface area contributed by atoms with Crippen LogP contribution in [0.1, 0.15) is 34.5 Å². The molecule has 128 valence electrons. The standard InChI is InChI=1S/C19H23NO4/c1-12-8-6-7-9-15(12)13(2)20-19(21)14-10-16(22-3)18(24-5)17(11-14)23-4/h6-11,13H,1-5H3,(H,20,21). The fourth-order valence-corrected chi connectivity index (χ4v) is 2.64. The molecule has 2 aromatic carbocycles. The van der Waals surface area contributed by atoms with Crippen LogP contribution in [-0.4, -0.2) is 27.2 Å². The van der Waals surface area contributed by atoms with Gasteiger partial charge in [0.1, 0.15) is 0 Å². The Kier molecular flexibility index (Phi) is 5.68. The molecule has 0 saturated carbocycles. The average molecular weight is 329 g/mol. The Morgan fingerprint density at radius 3 is 2.08 bits per heavy atom. The summed E-state index contributed by atoms with van der Waals surface area (Å²) in [5.41, 5.74) is 2.67. The second kappa shape index (κ2) is 7.73. The van der Waals surface area contributed by atoms with Crippen LogP contribution in [0.5, 0.6) is 17.2 Å². The number of hydrogen-bond donors (Lipinski definition) is 1. The molecule has 1 N–H and O–H groups in total. The van der Waals surface area contributed by atoms with E-state index < -0.39 is 0 Å². The third-order valence-corrected chi connectivity index (χ3v) is 3.93. The minimum absolute atomic E-state index is 0.113. The van der Waals surface area contributed by atoms with Gasteiger partial charge in [-0.1, -0.05) is 24.3 Å². The van der Waals surface area contributed by atoms with Crippen LogP contribution in [-0.2, 0) is 0 Å². The highest BCUT2D eigenvalue weighted by molar-refractivity contribution is 5.95. The summed E-state index contributed by atoms with van der Waals surface area (Å²) < 4.78 is 15.9. The fourth-order valence-electron chi connectivity index (χ4n) is 2.64. The van der Waals surface area contributed by atoms with Crippen LogP contribution in [0.3, 0.4) is 0 Å². The number of amides is 1. The molecule has 1 unspecified atom stereocenters. The predicted molar refractivity (Wildman–Crippen MR) is 93.2 cm³/mol. The molecule has 0 saturated heterocycles. The number of methoxy groups -OCH3 is 3. The molecule has 2 aromatic rings. The maximum Gasteiger partial charge on any atom is 0.252 e. The van der Waals surface area contributed by atoms with Crippen LogP contribution in [0.2, 0.25) is 0 Å². The molecule has 0 fully saturated rings. The Hall–Kier alpha value is -2.69. The van der Waals surface area contributed by atoms with E-state index in [9.17, 15) is 4.79 Å². The maximum absolute atomic E-state index is 12.6. The van der Waals surface area contributed by atoms with Crippen molar-refractivity contribution in [2.45, 2.75) is 19.9 Å². The minimum atomic E-state index is -0.204. The molecule has 0 aromatic heterocycles. The Bertz CT molecular complexity index is 702. The second-order valence-electron chi connectivity index (χ2n) is 5.47. The molecule has 1 amide bonds. The van der Waals surface area contributed by atoms with Gasteiger partial charge in [-0.2, -0.15) is 0 Å². The molecule has 0 bridgehead atoms. The zero-order valence-corrected chi connectivity index (χ0v) is 14.7. The lowest BCUT2D eigenvalue weighted by atomic mass is 10.0. The van der Waals surface area contributed by atoms with E-state index in [1.807, 2.05) is 38.1 Å². The van der Waals surface area contributed by atoms with Crippen molar-refractivity contribution >= 4 is 5.91 Å². The van der Waals surface area contributed by atoms with Crippen molar-refractivity contribution in [3.05, 3.63) is 53.1 Å². The van der Waals surface area contributed by atoms with Crippen LogP contribution in [0.25, 0.3) is 0 Å². The average Bonchev–Trinajstić information content (AvgIpc) is 2.60. The second-order valence-corrected chi connectivity index (χ2v) is 5.47. The smallest absolute Gasteiger partial charge is 0.252 e. The van der Waals surface area contributed by atoms with Gasteiger partial charge in [-0.05, 0) is 37.1 Å². The molecule has 2 rings (SSSR count). The molecule has 5 nitrogen and oxygen atoms in total. The highest BCUT2D eigenvalue weighted by Gasteiger charge is 2.19. The van der Waals surface area contributed by atoms with E-state index in [2.05, 4.69) is 5.32 Å². The first-order chi connectivity index (χ1) is 11.5. The highest BCUT2D eigenvalue weighted by Crippen LogP contribution is 2.38. The van der Waals surface area contributed by atoms with Crippen LogP contribution in [0.15, 0.2) is 36.4 Å². The van der Waals surface area contributed by atoms with Crippen molar-refractivity contribution in [1.29, 1.82) is 0 Å². The lowest BCUT2D eigenvalue weighted by Gasteiger charge is -2.18. The number of nitrogens with one attached hydrogen (secondary N) is 1. The van der Waals surface area contributed by atoms with E-state index in [1.54, 1.807) is 12.1 Å². The van der Waals surface area contributed by atoms with Gasteiger partial charge in [0, 0.05) is 5.56 Å². The third-order valence-electron chi connectivity index (χ3n) is 3.93. The molecule has 0 aliphatic carbocycles. The summed E-state index contributed by atoms with van der Waals surface area (Å²) in [6.45, 7) is 3.98. The Labute approximate surface area is 142 Å². The molecule has 24 heavy (non-hydrogen) atoms. The minimum Gasteiger partial charge on any atom is -0.493 e. The molecular formula is C19H23NO4. The van der Waals surface area contributed by atoms with Gasteiger partial charge < -0.3 is 19.5 Å². The van der Waals surface area contributed by atoms with Gasteiger partial charge in [-0.3, -0.25) is 4.79 Å². The van der Waals surface area contributed by atoms with E-state index in [-0.39, 0.29) is 11.9 Å². The summed E-state index contributed by atoms with van der Waals surface area (Å²) in [4.78, 5) is 12.6. The van der Waals surface area contributed by atoms with E-state index in [0.717, 1.165) is 11.1 Å². The number of ether oxygens (including phenoxy) is 3. The summed E-state index contributed by atoms with van der Waals surface area (Å²) >= 11 is 0. The lowest BCUT2D eigenvalue weighted by Crippen LogP contribution is -2.27. The monoisotopic (exact) mass is 329 g/mol. The zero-order valence-electron chi connectivity index (χ0n) is 14.7. The van der Waals surface area contributed by atoms with Gasteiger partial charge in [0.05, 0.1) is 27.4 Å². The van der Waals surface area contributed by atoms with Gasteiger partial charge in [0.2, 0.25) is 5.75 Å². The molecule has 0 aliphatic heterocycles. The van der Waals surface area contributed by atoms with Crippen LogP contribution in [0, 0.1) is 6.92 Å². The van der Waals surface area contributed by atoms with Gasteiger partial charge in [-0.25, -0.2) is 0 Å². The number of hydrogen-bond acceptors (Lipinski definition) is 4.